The number of nitrogens with one attached hydrogen (secondary N) is 1. The summed E-state index contributed by atoms with van der Waals surface area (Å²) in [6.07, 6.45) is -9.53. The first kappa shape index (κ1) is 20.4. The highest BCUT2D eigenvalue weighted by Crippen LogP contribution is 2.32. The molecule has 3 aromatic rings. The average molecular weight is 413 g/mol. The summed E-state index contributed by atoms with van der Waals surface area (Å²) >= 11 is 0. The van der Waals surface area contributed by atoms with Gasteiger partial charge in [0.25, 0.3) is 5.56 Å². The SMILES string of the molecule is O=c1cc(C(F)(F)F)nc(Nc2cccc(C(F)(F)F)c2)n1Cc1ccccc1. The zero-order valence-corrected chi connectivity index (χ0v) is 14.6. The Balaban J connectivity index is 2.07. The van der Waals surface area contributed by atoms with Gasteiger partial charge in [0.2, 0.25) is 5.95 Å². The van der Waals surface area contributed by atoms with E-state index in [1.54, 1.807) is 30.3 Å². The molecule has 0 bridgehead atoms. The predicted molar refractivity (Wildman–Crippen MR) is 93.8 cm³/mol. The molecule has 1 N–H and O–H groups in total. The molecule has 0 saturated heterocycles. The Morgan fingerprint density at radius 3 is 2.17 bits per heavy atom. The molecule has 0 aliphatic carbocycles. The smallest absolute Gasteiger partial charge is 0.325 e. The van der Waals surface area contributed by atoms with Gasteiger partial charge in [-0.25, -0.2) is 4.98 Å². The van der Waals surface area contributed by atoms with Gasteiger partial charge in [0.1, 0.15) is 0 Å². The number of hydrogen-bond donors (Lipinski definition) is 1. The Hall–Kier alpha value is -3.30. The van der Waals surface area contributed by atoms with Crippen molar-refractivity contribution in [2.75, 3.05) is 5.32 Å². The quantitative estimate of drug-likeness (QED) is 0.608. The number of alkyl halides is 6. The van der Waals surface area contributed by atoms with Crippen LogP contribution in [0.3, 0.4) is 0 Å². The molecule has 152 valence electrons. The molecule has 0 unspecified atom stereocenters. The van der Waals surface area contributed by atoms with Crippen LogP contribution in [0.5, 0.6) is 0 Å². The van der Waals surface area contributed by atoms with Crippen LogP contribution in [0.2, 0.25) is 0 Å². The topological polar surface area (TPSA) is 46.9 Å². The molecule has 4 nitrogen and oxygen atoms in total. The lowest BCUT2D eigenvalue weighted by Crippen LogP contribution is -2.27. The van der Waals surface area contributed by atoms with E-state index in [-0.39, 0.29) is 12.2 Å². The highest BCUT2D eigenvalue weighted by Gasteiger charge is 2.34. The zero-order chi connectivity index (χ0) is 21.2. The van der Waals surface area contributed by atoms with E-state index in [4.69, 9.17) is 0 Å². The summed E-state index contributed by atoms with van der Waals surface area (Å²) in [6, 6.07) is 12.6. The fourth-order valence-electron chi connectivity index (χ4n) is 2.57. The van der Waals surface area contributed by atoms with Crippen LogP contribution in [-0.2, 0) is 18.9 Å². The minimum atomic E-state index is -4.89. The minimum Gasteiger partial charge on any atom is -0.325 e. The molecule has 3 rings (SSSR count). The van der Waals surface area contributed by atoms with Crippen molar-refractivity contribution in [3.8, 4) is 0 Å². The van der Waals surface area contributed by atoms with Gasteiger partial charge >= 0.3 is 12.4 Å². The van der Waals surface area contributed by atoms with Crippen LogP contribution >= 0.6 is 0 Å². The summed E-state index contributed by atoms with van der Waals surface area (Å²) in [7, 11) is 0. The molecule has 0 fully saturated rings. The van der Waals surface area contributed by atoms with Crippen LogP contribution in [-0.4, -0.2) is 9.55 Å². The van der Waals surface area contributed by atoms with E-state index in [0.717, 1.165) is 22.8 Å². The molecule has 10 heteroatoms. The third-order valence-electron chi connectivity index (χ3n) is 3.93. The summed E-state index contributed by atoms with van der Waals surface area (Å²) in [4.78, 5) is 15.8. The Bertz CT molecular complexity index is 1060. The van der Waals surface area contributed by atoms with E-state index in [1.165, 1.54) is 6.07 Å². The van der Waals surface area contributed by atoms with Crippen LogP contribution in [0.25, 0.3) is 0 Å². The summed E-state index contributed by atoms with van der Waals surface area (Å²) in [5, 5.41) is 2.41. The maximum absolute atomic E-state index is 13.1. The maximum Gasteiger partial charge on any atom is 0.433 e. The Labute approximate surface area is 160 Å². The molecule has 29 heavy (non-hydrogen) atoms. The van der Waals surface area contributed by atoms with Crippen molar-refractivity contribution in [2.45, 2.75) is 18.9 Å². The summed E-state index contributed by atoms with van der Waals surface area (Å²) in [5.74, 6) is -0.520. The first-order chi connectivity index (χ1) is 13.5. The Kier molecular flexibility index (Phi) is 5.36. The fraction of sp³-hybridized carbons (Fsp3) is 0.158. The van der Waals surface area contributed by atoms with Crippen molar-refractivity contribution < 1.29 is 26.3 Å². The molecule has 0 saturated carbocycles. The molecule has 0 radical (unpaired) electrons. The van der Waals surface area contributed by atoms with Gasteiger partial charge in [-0.15, -0.1) is 0 Å². The lowest BCUT2D eigenvalue weighted by molar-refractivity contribution is -0.141. The molecule has 2 aromatic carbocycles. The van der Waals surface area contributed by atoms with Gasteiger partial charge in [0.05, 0.1) is 12.1 Å². The van der Waals surface area contributed by atoms with Gasteiger partial charge in [-0.3, -0.25) is 9.36 Å². The number of nitrogens with zero attached hydrogens (tertiary/aromatic N) is 2. The van der Waals surface area contributed by atoms with Crippen molar-refractivity contribution in [2.24, 2.45) is 0 Å². The van der Waals surface area contributed by atoms with Crippen molar-refractivity contribution in [3.63, 3.8) is 0 Å². The number of benzene rings is 2. The number of hydrogen-bond acceptors (Lipinski definition) is 3. The second kappa shape index (κ2) is 7.61. The average Bonchev–Trinajstić information content (AvgIpc) is 2.64. The Morgan fingerprint density at radius 2 is 1.55 bits per heavy atom. The van der Waals surface area contributed by atoms with E-state index < -0.39 is 35.1 Å². The normalized spacial score (nSPS) is 12.1. The van der Waals surface area contributed by atoms with E-state index in [2.05, 4.69) is 10.3 Å². The summed E-state index contributed by atoms with van der Waals surface area (Å²) < 4.78 is 78.9. The van der Waals surface area contributed by atoms with Gasteiger partial charge < -0.3 is 5.32 Å². The fourth-order valence-corrected chi connectivity index (χ4v) is 2.57. The van der Waals surface area contributed by atoms with Crippen molar-refractivity contribution in [1.29, 1.82) is 0 Å². The van der Waals surface area contributed by atoms with Crippen LogP contribution in [0.1, 0.15) is 16.8 Å². The molecular weight excluding hydrogens is 400 g/mol. The number of halogens is 6. The molecule has 0 atom stereocenters. The third kappa shape index (κ3) is 4.95. The maximum atomic E-state index is 13.1. The lowest BCUT2D eigenvalue weighted by Gasteiger charge is -2.17. The first-order valence-corrected chi connectivity index (χ1v) is 8.21. The zero-order valence-electron chi connectivity index (χ0n) is 14.6. The van der Waals surface area contributed by atoms with Gasteiger partial charge in [-0.1, -0.05) is 36.4 Å². The highest BCUT2D eigenvalue weighted by molar-refractivity contribution is 5.55. The number of aromatic nitrogens is 2. The van der Waals surface area contributed by atoms with Gasteiger partial charge in [-0.2, -0.15) is 26.3 Å². The van der Waals surface area contributed by atoms with E-state index in [9.17, 15) is 31.1 Å². The molecular formula is C19H13F6N3O. The molecule has 1 heterocycles. The number of anilines is 2. The van der Waals surface area contributed by atoms with Gasteiger partial charge in [0.15, 0.2) is 5.69 Å². The molecule has 1 aromatic heterocycles. The second-order valence-corrected chi connectivity index (χ2v) is 6.08. The van der Waals surface area contributed by atoms with Crippen LogP contribution in [0, 0.1) is 0 Å². The first-order valence-electron chi connectivity index (χ1n) is 8.21. The van der Waals surface area contributed by atoms with Crippen LogP contribution < -0.4 is 10.9 Å². The number of rotatable bonds is 4. The second-order valence-electron chi connectivity index (χ2n) is 6.08. The van der Waals surface area contributed by atoms with E-state index in [1.807, 2.05) is 0 Å². The highest BCUT2D eigenvalue weighted by atomic mass is 19.4. The molecule has 0 amide bonds. The van der Waals surface area contributed by atoms with Crippen LogP contribution in [0.15, 0.2) is 65.5 Å². The van der Waals surface area contributed by atoms with Crippen molar-refractivity contribution >= 4 is 11.6 Å². The monoisotopic (exact) mass is 413 g/mol. The predicted octanol–water partition coefficient (Wildman–Crippen LogP) is 5.07. The molecule has 0 aliphatic rings. The van der Waals surface area contributed by atoms with Crippen LogP contribution in [0.4, 0.5) is 38.0 Å². The third-order valence-corrected chi connectivity index (χ3v) is 3.93. The lowest BCUT2D eigenvalue weighted by atomic mass is 10.2. The standard InChI is InChI=1S/C19H13F6N3O/c20-18(21,22)13-7-4-8-14(9-13)26-17-27-15(19(23,24)25)10-16(29)28(17)11-12-5-2-1-3-6-12/h1-10H,11H2,(H,26,27). The molecule has 0 aliphatic heterocycles. The molecule has 0 spiro atoms. The Morgan fingerprint density at radius 1 is 0.862 bits per heavy atom. The van der Waals surface area contributed by atoms with Gasteiger partial charge in [0, 0.05) is 11.8 Å². The van der Waals surface area contributed by atoms with Crippen molar-refractivity contribution in [3.05, 3.63) is 87.8 Å². The minimum absolute atomic E-state index is 0.119. The van der Waals surface area contributed by atoms with E-state index >= 15 is 0 Å². The van der Waals surface area contributed by atoms with Gasteiger partial charge in [-0.05, 0) is 23.8 Å². The largest absolute Gasteiger partial charge is 0.433 e. The summed E-state index contributed by atoms with van der Waals surface area (Å²) in [5.41, 5.74) is -2.99. The summed E-state index contributed by atoms with van der Waals surface area (Å²) in [6.45, 7) is -0.119. The van der Waals surface area contributed by atoms with Crippen molar-refractivity contribution in [1.82, 2.24) is 9.55 Å². The van der Waals surface area contributed by atoms with E-state index in [0.29, 0.717) is 11.6 Å².